The maximum absolute atomic E-state index is 12.1. The number of fused-ring (bicyclic) bond motifs is 1. The second kappa shape index (κ2) is 6.26. The third-order valence-corrected chi connectivity index (χ3v) is 5.97. The van der Waals surface area contributed by atoms with Crippen LogP contribution in [0, 0.1) is 0 Å². The number of amides is 2. The first kappa shape index (κ1) is 15.5. The Bertz CT molecular complexity index is 432. The standard InChI is InChI=1S/C12H18N2O4S2/c1-12-3-2-9(15)14(12)8(6-20-12)11(18)13-4-5-19-7-10(16)17/h8H,2-7H2,1H3,(H,13,18)(H,16,17). The molecule has 2 atom stereocenters. The minimum Gasteiger partial charge on any atom is -0.481 e. The first-order chi connectivity index (χ1) is 9.44. The highest BCUT2D eigenvalue weighted by molar-refractivity contribution is 8.01. The fraction of sp³-hybridized carbons (Fsp3) is 0.750. The largest absolute Gasteiger partial charge is 0.481 e. The Kier molecular flexibility index (Phi) is 4.85. The zero-order valence-electron chi connectivity index (χ0n) is 11.3. The lowest BCUT2D eigenvalue weighted by Gasteiger charge is -2.29. The van der Waals surface area contributed by atoms with Crippen LogP contribution in [0.4, 0.5) is 0 Å². The van der Waals surface area contributed by atoms with E-state index in [1.54, 1.807) is 16.7 Å². The summed E-state index contributed by atoms with van der Waals surface area (Å²) in [4.78, 5) is 35.9. The van der Waals surface area contributed by atoms with Crippen molar-refractivity contribution >= 4 is 41.3 Å². The summed E-state index contributed by atoms with van der Waals surface area (Å²) in [6.45, 7) is 2.44. The molecule has 2 aliphatic rings. The average Bonchev–Trinajstić information content (AvgIpc) is 2.86. The molecule has 2 aliphatic heterocycles. The molecule has 0 aromatic heterocycles. The second-order valence-corrected chi connectivity index (χ2v) is 7.61. The Balaban J connectivity index is 1.79. The number of carbonyl (C=O) groups is 3. The second-order valence-electron chi connectivity index (χ2n) is 5.00. The van der Waals surface area contributed by atoms with Gasteiger partial charge in [-0.05, 0) is 13.3 Å². The Hall–Kier alpha value is -0.890. The van der Waals surface area contributed by atoms with Crippen molar-refractivity contribution in [1.29, 1.82) is 0 Å². The Morgan fingerprint density at radius 3 is 3.05 bits per heavy atom. The number of hydrogen-bond donors (Lipinski definition) is 2. The molecule has 0 aromatic carbocycles. The van der Waals surface area contributed by atoms with E-state index in [0.717, 1.165) is 6.42 Å². The van der Waals surface area contributed by atoms with Gasteiger partial charge in [0.15, 0.2) is 0 Å². The molecule has 2 amide bonds. The van der Waals surface area contributed by atoms with E-state index in [2.05, 4.69) is 5.32 Å². The van der Waals surface area contributed by atoms with Crippen molar-refractivity contribution in [2.24, 2.45) is 0 Å². The normalized spacial score (nSPS) is 28.6. The van der Waals surface area contributed by atoms with Crippen LogP contribution in [0.15, 0.2) is 0 Å². The molecule has 2 saturated heterocycles. The number of hydrogen-bond acceptors (Lipinski definition) is 5. The van der Waals surface area contributed by atoms with Gasteiger partial charge < -0.3 is 15.3 Å². The summed E-state index contributed by atoms with van der Waals surface area (Å²) < 4.78 is 0. The predicted molar refractivity (Wildman–Crippen MR) is 78.7 cm³/mol. The molecular formula is C12H18N2O4S2. The van der Waals surface area contributed by atoms with Crippen molar-refractivity contribution in [2.45, 2.75) is 30.7 Å². The van der Waals surface area contributed by atoms with Gasteiger partial charge in [-0.3, -0.25) is 14.4 Å². The summed E-state index contributed by atoms with van der Waals surface area (Å²) in [7, 11) is 0. The summed E-state index contributed by atoms with van der Waals surface area (Å²) in [6.07, 6.45) is 1.32. The van der Waals surface area contributed by atoms with E-state index in [1.165, 1.54) is 11.8 Å². The van der Waals surface area contributed by atoms with Gasteiger partial charge >= 0.3 is 5.97 Å². The number of carboxylic acid groups (broad SMARTS) is 1. The van der Waals surface area contributed by atoms with Crippen LogP contribution in [0.5, 0.6) is 0 Å². The molecule has 2 rings (SSSR count). The van der Waals surface area contributed by atoms with Crippen molar-refractivity contribution in [3.63, 3.8) is 0 Å². The number of nitrogens with one attached hydrogen (secondary N) is 1. The van der Waals surface area contributed by atoms with Crippen LogP contribution in [0.25, 0.3) is 0 Å². The summed E-state index contributed by atoms with van der Waals surface area (Å²) in [5.74, 6) is 0.300. The molecule has 112 valence electrons. The topological polar surface area (TPSA) is 86.7 Å². The highest BCUT2D eigenvalue weighted by Crippen LogP contribution is 2.47. The molecule has 0 spiro atoms. The molecular weight excluding hydrogens is 300 g/mol. The van der Waals surface area contributed by atoms with E-state index in [1.807, 2.05) is 6.92 Å². The smallest absolute Gasteiger partial charge is 0.313 e. The zero-order chi connectivity index (χ0) is 14.8. The molecule has 6 nitrogen and oxygen atoms in total. The SMILES string of the molecule is CC12CCC(=O)N1C(C(=O)NCCSCC(=O)O)CS2. The lowest BCUT2D eigenvalue weighted by Crippen LogP contribution is -2.50. The molecule has 2 unspecified atom stereocenters. The molecule has 2 N–H and O–H groups in total. The molecule has 2 fully saturated rings. The van der Waals surface area contributed by atoms with E-state index >= 15 is 0 Å². The van der Waals surface area contributed by atoms with E-state index in [0.29, 0.717) is 24.5 Å². The maximum atomic E-state index is 12.1. The molecule has 0 bridgehead atoms. The van der Waals surface area contributed by atoms with E-state index in [9.17, 15) is 14.4 Å². The first-order valence-electron chi connectivity index (χ1n) is 6.47. The average molecular weight is 318 g/mol. The molecule has 8 heteroatoms. The summed E-state index contributed by atoms with van der Waals surface area (Å²) in [5, 5.41) is 11.3. The first-order valence-corrected chi connectivity index (χ1v) is 8.61. The van der Waals surface area contributed by atoms with Gasteiger partial charge in [-0.25, -0.2) is 0 Å². The summed E-state index contributed by atoms with van der Waals surface area (Å²) in [6, 6.07) is -0.385. The van der Waals surface area contributed by atoms with Crippen molar-refractivity contribution < 1.29 is 19.5 Å². The van der Waals surface area contributed by atoms with E-state index in [4.69, 9.17) is 5.11 Å². The van der Waals surface area contributed by atoms with Crippen molar-refractivity contribution in [1.82, 2.24) is 10.2 Å². The third-order valence-electron chi connectivity index (χ3n) is 3.52. The number of rotatable bonds is 6. The van der Waals surface area contributed by atoms with Crippen LogP contribution in [-0.4, -0.2) is 62.5 Å². The molecule has 20 heavy (non-hydrogen) atoms. The van der Waals surface area contributed by atoms with Crippen LogP contribution >= 0.6 is 23.5 Å². The third kappa shape index (κ3) is 3.22. The highest BCUT2D eigenvalue weighted by atomic mass is 32.2. The van der Waals surface area contributed by atoms with Gasteiger partial charge in [-0.15, -0.1) is 23.5 Å². The van der Waals surface area contributed by atoms with Crippen LogP contribution < -0.4 is 5.32 Å². The van der Waals surface area contributed by atoms with Crippen LogP contribution in [0.3, 0.4) is 0 Å². The monoisotopic (exact) mass is 318 g/mol. The zero-order valence-corrected chi connectivity index (χ0v) is 12.9. The number of thioether (sulfide) groups is 2. The van der Waals surface area contributed by atoms with Gasteiger partial charge in [0.05, 0.1) is 10.6 Å². The lowest BCUT2D eigenvalue weighted by atomic mass is 10.2. The quantitative estimate of drug-likeness (QED) is 0.688. The van der Waals surface area contributed by atoms with Gasteiger partial charge in [0.2, 0.25) is 11.8 Å². The number of carbonyl (C=O) groups excluding carboxylic acids is 2. The summed E-state index contributed by atoms with van der Waals surface area (Å²) in [5.41, 5.74) is 0. The fourth-order valence-electron chi connectivity index (χ4n) is 2.54. The Morgan fingerprint density at radius 2 is 2.35 bits per heavy atom. The lowest BCUT2D eigenvalue weighted by molar-refractivity contribution is -0.137. The van der Waals surface area contributed by atoms with Gasteiger partial charge in [-0.2, -0.15) is 0 Å². The fourth-order valence-corrected chi connectivity index (χ4v) is 4.54. The number of aliphatic carboxylic acids is 1. The molecule has 0 saturated carbocycles. The van der Waals surface area contributed by atoms with Crippen molar-refractivity contribution in [2.75, 3.05) is 23.8 Å². The maximum Gasteiger partial charge on any atom is 0.313 e. The van der Waals surface area contributed by atoms with Crippen LogP contribution in [0.2, 0.25) is 0 Å². The van der Waals surface area contributed by atoms with Gasteiger partial charge in [0.25, 0.3) is 0 Å². The number of nitrogens with zero attached hydrogens (tertiary/aromatic N) is 1. The predicted octanol–water partition coefficient (Wildman–Crippen LogP) is 0.374. The van der Waals surface area contributed by atoms with E-state index in [-0.39, 0.29) is 28.5 Å². The molecule has 2 heterocycles. The molecule has 0 radical (unpaired) electrons. The minimum absolute atomic E-state index is 0.0395. The molecule has 0 aromatic rings. The van der Waals surface area contributed by atoms with Gasteiger partial charge in [0, 0.05) is 24.5 Å². The van der Waals surface area contributed by atoms with Crippen molar-refractivity contribution in [3.8, 4) is 0 Å². The van der Waals surface area contributed by atoms with E-state index < -0.39 is 5.97 Å². The van der Waals surface area contributed by atoms with Gasteiger partial charge in [-0.1, -0.05) is 0 Å². The van der Waals surface area contributed by atoms with Crippen molar-refractivity contribution in [3.05, 3.63) is 0 Å². The van der Waals surface area contributed by atoms with Gasteiger partial charge in [0.1, 0.15) is 6.04 Å². The number of carboxylic acids is 1. The highest BCUT2D eigenvalue weighted by Gasteiger charge is 2.52. The Labute approximate surface area is 126 Å². The Morgan fingerprint density at radius 1 is 1.60 bits per heavy atom. The van der Waals surface area contributed by atoms with Crippen LogP contribution in [0.1, 0.15) is 19.8 Å². The minimum atomic E-state index is -0.855. The van der Waals surface area contributed by atoms with Crippen LogP contribution in [-0.2, 0) is 14.4 Å². The summed E-state index contributed by atoms with van der Waals surface area (Å²) >= 11 is 2.93. The molecule has 0 aliphatic carbocycles.